The van der Waals surface area contributed by atoms with Crippen molar-refractivity contribution in [2.45, 2.75) is 104 Å². The van der Waals surface area contributed by atoms with Crippen molar-refractivity contribution in [3.05, 3.63) is 65.0 Å². The minimum absolute atomic E-state index is 0.0180. The molecule has 1 atom stereocenters. The molecule has 0 saturated carbocycles. The minimum atomic E-state index is -1.36. The molecule has 1 aliphatic heterocycles. The first kappa shape index (κ1) is 32.8. The van der Waals surface area contributed by atoms with E-state index in [0.29, 0.717) is 29.6 Å². The fraction of sp³-hybridized carbons (Fsp3) is 0.529. The van der Waals surface area contributed by atoms with Gasteiger partial charge in [-0.1, -0.05) is 70.2 Å². The van der Waals surface area contributed by atoms with Crippen molar-refractivity contribution in [3.8, 4) is 11.5 Å². The van der Waals surface area contributed by atoms with Gasteiger partial charge in [-0.05, 0) is 49.4 Å². The van der Waals surface area contributed by atoms with E-state index in [4.69, 9.17) is 18.9 Å². The summed E-state index contributed by atoms with van der Waals surface area (Å²) in [6, 6.07) is 13.9. The molecule has 8 nitrogen and oxygen atoms in total. The zero-order valence-electron chi connectivity index (χ0n) is 26.4. The van der Waals surface area contributed by atoms with Gasteiger partial charge in [0.1, 0.15) is 17.3 Å². The number of carbonyl (C=O) groups excluding carboxylic acids is 2. The number of cyclic esters (lactones) is 2. The number of esters is 2. The monoisotopic (exact) mass is 580 g/mol. The summed E-state index contributed by atoms with van der Waals surface area (Å²) in [4.78, 5) is 28.9. The highest BCUT2D eigenvalue weighted by Crippen LogP contribution is 2.34. The average molecular weight is 581 g/mol. The van der Waals surface area contributed by atoms with Crippen molar-refractivity contribution in [1.82, 2.24) is 4.90 Å². The average Bonchev–Trinajstić information content (AvgIpc) is 2.95. The second-order valence-corrected chi connectivity index (χ2v) is 11.3. The van der Waals surface area contributed by atoms with Gasteiger partial charge in [0.2, 0.25) is 0 Å². The number of hydrogen-bond acceptors (Lipinski definition) is 8. The topological polar surface area (TPSA) is 86.3 Å². The maximum atomic E-state index is 13.4. The van der Waals surface area contributed by atoms with E-state index in [1.165, 1.54) is 24.8 Å². The van der Waals surface area contributed by atoms with Gasteiger partial charge in [0.25, 0.3) is 5.79 Å². The molecule has 3 rings (SSSR count). The standard InChI is InChI=1S/C34H48N2O6/c1-8-10-12-14-24(3)36(23-26-18-16-25(17-19-26)15-13-11-9-2)31(30-32(37)41-34(4,5)42-33(30)38)35-28-21-20-27(39-6)22-29(28)40-7/h16-22,24,35H,8-15,23H2,1-7H3. The Morgan fingerprint density at radius 1 is 0.881 bits per heavy atom. The predicted octanol–water partition coefficient (Wildman–Crippen LogP) is 7.37. The Bertz CT molecular complexity index is 1200. The second kappa shape index (κ2) is 15.5. The van der Waals surface area contributed by atoms with E-state index in [0.717, 1.165) is 37.7 Å². The highest BCUT2D eigenvalue weighted by Gasteiger charge is 2.42. The summed E-state index contributed by atoms with van der Waals surface area (Å²) in [7, 11) is 3.14. The quantitative estimate of drug-likeness (QED) is 0.0953. The molecule has 2 aromatic carbocycles. The summed E-state index contributed by atoms with van der Waals surface area (Å²) in [5.74, 6) is -1.38. The Morgan fingerprint density at radius 2 is 1.50 bits per heavy atom. The van der Waals surface area contributed by atoms with E-state index in [2.05, 4.69) is 55.3 Å². The van der Waals surface area contributed by atoms with Crippen LogP contribution in [0.15, 0.2) is 53.9 Å². The molecule has 8 heteroatoms. The van der Waals surface area contributed by atoms with Gasteiger partial charge in [0.05, 0.1) is 19.9 Å². The van der Waals surface area contributed by atoms with Crippen molar-refractivity contribution in [2.24, 2.45) is 0 Å². The summed E-state index contributed by atoms with van der Waals surface area (Å²) in [5.41, 5.74) is 2.76. The molecule has 0 aliphatic carbocycles. The van der Waals surface area contributed by atoms with Gasteiger partial charge < -0.3 is 29.2 Å². The number of methoxy groups -OCH3 is 2. The van der Waals surface area contributed by atoms with Gasteiger partial charge in [-0.2, -0.15) is 0 Å². The molecule has 0 aromatic heterocycles. The summed E-state index contributed by atoms with van der Waals surface area (Å²) >= 11 is 0. The van der Waals surface area contributed by atoms with E-state index in [1.807, 2.05) is 0 Å². The minimum Gasteiger partial charge on any atom is -0.497 e. The molecule has 2 aromatic rings. The van der Waals surface area contributed by atoms with Gasteiger partial charge in [0.15, 0.2) is 5.57 Å². The Balaban J connectivity index is 2.09. The molecule has 1 heterocycles. The first-order chi connectivity index (χ1) is 20.1. The maximum absolute atomic E-state index is 13.4. The van der Waals surface area contributed by atoms with Crippen LogP contribution in [0.1, 0.15) is 90.7 Å². The zero-order chi connectivity index (χ0) is 30.7. The van der Waals surface area contributed by atoms with E-state index in [-0.39, 0.29) is 11.6 Å². The third-order valence-electron chi connectivity index (χ3n) is 7.47. The Hall–Kier alpha value is -3.68. The first-order valence-electron chi connectivity index (χ1n) is 15.2. The molecule has 1 aliphatic rings. The van der Waals surface area contributed by atoms with Crippen LogP contribution in [0.5, 0.6) is 11.5 Å². The number of anilines is 1. The van der Waals surface area contributed by atoms with Gasteiger partial charge in [-0.25, -0.2) is 9.59 Å². The van der Waals surface area contributed by atoms with Gasteiger partial charge in [-0.15, -0.1) is 0 Å². The lowest BCUT2D eigenvalue weighted by atomic mass is 10.0. The number of carbonyl (C=O) groups is 2. The molecule has 0 bridgehead atoms. The summed E-state index contributed by atoms with van der Waals surface area (Å²) < 4.78 is 22.1. The van der Waals surface area contributed by atoms with Crippen LogP contribution in [-0.4, -0.2) is 42.9 Å². The lowest BCUT2D eigenvalue weighted by molar-refractivity contribution is -0.222. The van der Waals surface area contributed by atoms with Gasteiger partial charge >= 0.3 is 11.9 Å². The van der Waals surface area contributed by atoms with Crippen LogP contribution in [0.4, 0.5) is 5.69 Å². The van der Waals surface area contributed by atoms with E-state index in [9.17, 15) is 9.59 Å². The van der Waals surface area contributed by atoms with Crippen LogP contribution in [-0.2, 0) is 32.0 Å². The van der Waals surface area contributed by atoms with E-state index < -0.39 is 17.7 Å². The smallest absolute Gasteiger partial charge is 0.352 e. The fourth-order valence-corrected chi connectivity index (χ4v) is 5.04. The van der Waals surface area contributed by atoms with Gasteiger partial charge in [0, 0.05) is 32.5 Å². The number of unbranched alkanes of at least 4 members (excludes halogenated alkanes) is 4. The SMILES string of the molecule is CCCCCc1ccc(CN(C(Nc2ccc(OC)cc2OC)=C2C(=O)OC(C)(C)OC2=O)C(C)CCCCC)cc1. The molecule has 42 heavy (non-hydrogen) atoms. The van der Waals surface area contributed by atoms with Crippen molar-refractivity contribution in [3.63, 3.8) is 0 Å². The van der Waals surface area contributed by atoms with Crippen LogP contribution in [0.3, 0.4) is 0 Å². The molecular weight excluding hydrogens is 532 g/mol. The van der Waals surface area contributed by atoms with E-state index in [1.54, 1.807) is 46.3 Å². The van der Waals surface area contributed by atoms with Crippen LogP contribution in [0, 0.1) is 0 Å². The van der Waals surface area contributed by atoms with Crippen molar-refractivity contribution in [2.75, 3.05) is 19.5 Å². The Morgan fingerprint density at radius 3 is 2.10 bits per heavy atom. The van der Waals surface area contributed by atoms with Crippen molar-refractivity contribution < 1.29 is 28.5 Å². The number of benzene rings is 2. The first-order valence-corrected chi connectivity index (χ1v) is 15.2. The number of nitrogens with one attached hydrogen (secondary N) is 1. The molecule has 0 spiro atoms. The van der Waals surface area contributed by atoms with Gasteiger partial charge in [-0.3, -0.25) is 0 Å². The normalized spacial score (nSPS) is 15.0. The zero-order valence-corrected chi connectivity index (χ0v) is 26.4. The number of ether oxygens (including phenoxy) is 4. The lowest BCUT2D eigenvalue weighted by Gasteiger charge is -2.37. The summed E-state index contributed by atoms with van der Waals surface area (Å²) in [6.07, 6.45) is 8.69. The number of nitrogens with zero attached hydrogens (tertiary/aromatic N) is 1. The predicted molar refractivity (Wildman–Crippen MR) is 165 cm³/mol. The van der Waals surface area contributed by atoms with Crippen LogP contribution in [0.2, 0.25) is 0 Å². The number of hydrogen-bond donors (Lipinski definition) is 1. The van der Waals surface area contributed by atoms with Crippen LogP contribution in [0.25, 0.3) is 0 Å². The summed E-state index contributed by atoms with van der Waals surface area (Å²) in [5, 5.41) is 3.37. The highest BCUT2D eigenvalue weighted by molar-refractivity contribution is 6.16. The third kappa shape index (κ3) is 8.91. The maximum Gasteiger partial charge on any atom is 0.352 e. The molecule has 1 saturated heterocycles. The molecule has 230 valence electrons. The van der Waals surface area contributed by atoms with Crippen molar-refractivity contribution >= 4 is 17.6 Å². The third-order valence-corrected chi connectivity index (χ3v) is 7.47. The second-order valence-electron chi connectivity index (χ2n) is 11.3. The lowest BCUT2D eigenvalue weighted by Crippen LogP contribution is -2.45. The molecular formula is C34H48N2O6. The molecule has 0 radical (unpaired) electrons. The van der Waals surface area contributed by atoms with Crippen molar-refractivity contribution in [1.29, 1.82) is 0 Å². The molecule has 1 N–H and O–H groups in total. The number of rotatable bonds is 16. The van der Waals surface area contributed by atoms with E-state index >= 15 is 0 Å². The Kier molecular flexibility index (Phi) is 12.1. The number of aryl methyl sites for hydroxylation is 1. The summed E-state index contributed by atoms with van der Waals surface area (Å²) in [6.45, 7) is 10.1. The molecule has 1 fully saturated rings. The van der Waals surface area contributed by atoms with Crippen LogP contribution < -0.4 is 14.8 Å². The highest BCUT2D eigenvalue weighted by atomic mass is 16.7. The fourth-order valence-electron chi connectivity index (χ4n) is 5.04. The molecule has 0 amide bonds. The largest absolute Gasteiger partial charge is 0.497 e. The molecule has 1 unspecified atom stereocenters. The Labute approximate surface area is 251 Å². The van der Waals surface area contributed by atoms with Crippen LogP contribution >= 0.6 is 0 Å².